The Bertz CT molecular complexity index is 620. The van der Waals surface area contributed by atoms with Crippen LogP contribution in [0.3, 0.4) is 0 Å². The summed E-state index contributed by atoms with van der Waals surface area (Å²) in [5.41, 5.74) is 8.40. The summed E-state index contributed by atoms with van der Waals surface area (Å²) in [6.07, 6.45) is 0. The lowest BCUT2D eigenvalue weighted by Gasteiger charge is -2.26. The van der Waals surface area contributed by atoms with Gasteiger partial charge in [-0.1, -0.05) is 23.8 Å². The molecule has 0 aliphatic rings. The standard InChI is InChI=1S/C16H18FN3/c1-3-20(12-9-7-11(2)8-10-12)14-6-4-5-13(17)15(14)16(18)19/h4-10H,3H2,1-2H3,(H3,18,19). The van der Waals surface area contributed by atoms with Crippen molar-refractivity contribution in [3.63, 3.8) is 0 Å². The first-order valence-electron chi connectivity index (χ1n) is 6.51. The third-order valence-electron chi connectivity index (χ3n) is 3.21. The molecule has 4 heteroatoms. The molecule has 0 bridgehead atoms. The topological polar surface area (TPSA) is 53.1 Å². The van der Waals surface area contributed by atoms with Gasteiger partial charge >= 0.3 is 0 Å². The highest BCUT2D eigenvalue weighted by Crippen LogP contribution is 2.29. The molecule has 104 valence electrons. The number of rotatable bonds is 4. The molecule has 0 fully saturated rings. The van der Waals surface area contributed by atoms with Gasteiger partial charge in [-0.2, -0.15) is 0 Å². The summed E-state index contributed by atoms with van der Waals surface area (Å²) in [4.78, 5) is 1.94. The summed E-state index contributed by atoms with van der Waals surface area (Å²) in [6, 6.07) is 12.7. The lowest BCUT2D eigenvalue weighted by Crippen LogP contribution is -2.23. The summed E-state index contributed by atoms with van der Waals surface area (Å²) < 4.78 is 13.9. The van der Waals surface area contributed by atoms with Gasteiger partial charge in [0.05, 0.1) is 11.3 Å². The molecule has 2 rings (SSSR count). The number of nitrogens with one attached hydrogen (secondary N) is 1. The molecular weight excluding hydrogens is 253 g/mol. The molecule has 0 saturated carbocycles. The van der Waals surface area contributed by atoms with Crippen molar-refractivity contribution in [1.29, 1.82) is 5.41 Å². The molecule has 0 unspecified atom stereocenters. The molecule has 0 radical (unpaired) electrons. The van der Waals surface area contributed by atoms with Crippen molar-refractivity contribution in [2.75, 3.05) is 11.4 Å². The van der Waals surface area contributed by atoms with Crippen LogP contribution in [0.1, 0.15) is 18.1 Å². The molecule has 0 spiro atoms. The zero-order chi connectivity index (χ0) is 14.7. The number of hydrogen-bond acceptors (Lipinski definition) is 2. The van der Waals surface area contributed by atoms with E-state index in [0.29, 0.717) is 12.2 Å². The quantitative estimate of drug-likeness (QED) is 0.659. The van der Waals surface area contributed by atoms with E-state index in [-0.39, 0.29) is 11.4 Å². The summed E-state index contributed by atoms with van der Waals surface area (Å²) in [7, 11) is 0. The number of nitrogens with two attached hydrogens (primary N) is 1. The van der Waals surface area contributed by atoms with Crippen molar-refractivity contribution in [3.05, 3.63) is 59.4 Å². The highest BCUT2D eigenvalue weighted by Gasteiger charge is 2.17. The normalized spacial score (nSPS) is 10.3. The number of hydrogen-bond donors (Lipinski definition) is 2. The van der Waals surface area contributed by atoms with Crippen LogP contribution in [0.25, 0.3) is 0 Å². The number of amidine groups is 1. The van der Waals surface area contributed by atoms with Crippen LogP contribution in [0.5, 0.6) is 0 Å². The Kier molecular flexibility index (Phi) is 4.03. The maximum atomic E-state index is 13.9. The van der Waals surface area contributed by atoms with Crippen LogP contribution in [0.2, 0.25) is 0 Å². The first-order valence-corrected chi connectivity index (χ1v) is 6.51. The fraction of sp³-hybridized carbons (Fsp3) is 0.188. The zero-order valence-corrected chi connectivity index (χ0v) is 11.7. The van der Waals surface area contributed by atoms with E-state index < -0.39 is 5.82 Å². The lowest BCUT2D eigenvalue weighted by molar-refractivity contribution is 0.624. The Balaban J connectivity index is 2.55. The fourth-order valence-electron chi connectivity index (χ4n) is 2.22. The Morgan fingerprint density at radius 2 is 1.85 bits per heavy atom. The SMILES string of the molecule is CCN(c1ccc(C)cc1)c1cccc(F)c1C(=N)N. The number of halogens is 1. The van der Waals surface area contributed by atoms with Crippen molar-refractivity contribution >= 4 is 17.2 Å². The third kappa shape index (κ3) is 2.64. The monoisotopic (exact) mass is 271 g/mol. The van der Waals surface area contributed by atoms with Gasteiger partial charge < -0.3 is 10.6 Å². The van der Waals surface area contributed by atoms with Gasteiger partial charge in [-0.25, -0.2) is 4.39 Å². The van der Waals surface area contributed by atoms with Gasteiger partial charge in [0.15, 0.2) is 0 Å². The number of aryl methyl sites for hydroxylation is 1. The van der Waals surface area contributed by atoms with Crippen molar-refractivity contribution in [1.82, 2.24) is 0 Å². The van der Waals surface area contributed by atoms with E-state index >= 15 is 0 Å². The molecule has 20 heavy (non-hydrogen) atoms. The van der Waals surface area contributed by atoms with E-state index in [4.69, 9.17) is 11.1 Å². The molecule has 0 heterocycles. The largest absolute Gasteiger partial charge is 0.384 e. The first-order chi connectivity index (χ1) is 9.54. The van der Waals surface area contributed by atoms with Crippen LogP contribution in [0, 0.1) is 18.2 Å². The van der Waals surface area contributed by atoms with Gasteiger partial charge in [-0.15, -0.1) is 0 Å². The number of anilines is 2. The second-order valence-electron chi connectivity index (χ2n) is 4.63. The van der Waals surface area contributed by atoms with Crippen molar-refractivity contribution < 1.29 is 4.39 Å². The van der Waals surface area contributed by atoms with Gasteiger partial charge in [0.2, 0.25) is 0 Å². The number of nitrogen functional groups attached to an aromatic ring is 1. The fourth-order valence-corrected chi connectivity index (χ4v) is 2.22. The van der Waals surface area contributed by atoms with Gasteiger partial charge in [-0.05, 0) is 38.1 Å². The van der Waals surface area contributed by atoms with Crippen molar-refractivity contribution in [3.8, 4) is 0 Å². The zero-order valence-electron chi connectivity index (χ0n) is 11.7. The average Bonchev–Trinajstić information content (AvgIpc) is 2.41. The van der Waals surface area contributed by atoms with E-state index in [1.165, 1.54) is 6.07 Å². The van der Waals surface area contributed by atoms with E-state index in [9.17, 15) is 4.39 Å². The molecule has 0 aromatic heterocycles. The minimum absolute atomic E-state index is 0.148. The predicted octanol–water partition coefficient (Wildman–Crippen LogP) is 3.58. The van der Waals surface area contributed by atoms with Gasteiger partial charge in [-0.3, -0.25) is 5.41 Å². The molecule has 0 aliphatic heterocycles. The summed E-state index contributed by atoms with van der Waals surface area (Å²) >= 11 is 0. The molecule has 0 saturated heterocycles. The second-order valence-corrected chi connectivity index (χ2v) is 4.63. The Hall–Kier alpha value is -2.36. The molecular formula is C16H18FN3. The molecule has 3 N–H and O–H groups in total. The molecule has 2 aromatic carbocycles. The number of benzene rings is 2. The molecule has 0 atom stereocenters. The minimum atomic E-state index is -0.472. The van der Waals surface area contributed by atoms with Crippen LogP contribution in [-0.2, 0) is 0 Å². The van der Waals surface area contributed by atoms with Crippen LogP contribution >= 0.6 is 0 Å². The van der Waals surface area contributed by atoms with Crippen molar-refractivity contribution in [2.24, 2.45) is 5.73 Å². The van der Waals surface area contributed by atoms with Crippen LogP contribution < -0.4 is 10.6 Å². The summed E-state index contributed by atoms with van der Waals surface area (Å²) in [5, 5.41) is 7.59. The molecule has 2 aromatic rings. The maximum absolute atomic E-state index is 13.9. The Morgan fingerprint density at radius 1 is 1.20 bits per heavy atom. The predicted molar refractivity (Wildman–Crippen MR) is 81.3 cm³/mol. The van der Waals surface area contributed by atoms with Gasteiger partial charge in [0, 0.05) is 12.2 Å². The van der Waals surface area contributed by atoms with Crippen molar-refractivity contribution in [2.45, 2.75) is 13.8 Å². The van der Waals surface area contributed by atoms with E-state index in [2.05, 4.69) is 0 Å². The van der Waals surface area contributed by atoms with E-state index in [1.807, 2.05) is 43.0 Å². The Labute approximate surface area is 118 Å². The first kappa shape index (κ1) is 14.1. The smallest absolute Gasteiger partial charge is 0.136 e. The van der Waals surface area contributed by atoms with E-state index in [1.54, 1.807) is 12.1 Å². The average molecular weight is 271 g/mol. The Morgan fingerprint density at radius 3 is 2.40 bits per heavy atom. The van der Waals surface area contributed by atoms with Crippen LogP contribution in [0.15, 0.2) is 42.5 Å². The van der Waals surface area contributed by atoms with Crippen LogP contribution in [0.4, 0.5) is 15.8 Å². The summed E-state index contributed by atoms with van der Waals surface area (Å²) in [6.45, 7) is 4.66. The van der Waals surface area contributed by atoms with Gasteiger partial charge in [0.25, 0.3) is 0 Å². The highest BCUT2D eigenvalue weighted by atomic mass is 19.1. The lowest BCUT2D eigenvalue weighted by atomic mass is 10.1. The highest BCUT2D eigenvalue weighted by molar-refractivity contribution is 6.01. The molecule has 0 amide bonds. The maximum Gasteiger partial charge on any atom is 0.136 e. The number of nitrogens with zero attached hydrogens (tertiary/aromatic N) is 1. The van der Waals surface area contributed by atoms with Crippen LogP contribution in [-0.4, -0.2) is 12.4 Å². The van der Waals surface area contributed by atoms with Gasteiger partial charge in [0.1, 0.15) is 11.7 Å². The third-order valence-corrected chi connectivity index (χ3v) is 3.21. The minimum Gasteiger partial charge on any atom is -0.384 e. The molecule has 0 aliphatic carbocycles. The summed E-state index contributed by atoms with van der Waals surface area (Å²) in [5.74, 6) is -0.732. The molecule has 3 nitrogen and oxygen atoms in total. The van der Waals surface area contributed by atoms with E-state index in [0.717, 1.165) is 11.3 Å². The second kappa shape index (κ2) is 5.74.